The first kappa shape index (κ1) is 11.5. The van der Waals surface area contributed by atoms with E-state index in [0.717, 1.165) is 0 Å². The number of allylic oxidation sites excluding steroid dienone is 1. The van der Waals surface area contributed by atoms with Gasteiger partial charge in [-0.3, -0.25) is 4.79 Å². The van der Waals surface area contributed by atoms with Crippen molar-refractivity contribution in [1.29, 1.82) is 0 Å². The predicted molar refractivity (Wildman–Crippen MR) is 59.7 cm³/mol. The summed E-state index contributed by atoms with van der Waals surface area (Å²) in [6.07, 6.45) is 0. The topological polar surface area (TPSA) is 69.6 Å². The number of hydrogen-bond donors (Lipinski definition) is 3. The van der Waals surface area contributed by atoms with Gasteiger partial charge in [0, 0.05) is 18.1 Å². The minimum atomic E-state index is -1.58. The van der Waals surface area contributed by atoms with Crippen molar-refractivity contribution in [2.45, 2.75) is 6.92 Å². The number of Topliss-reactive ketones (excluding diaryl/α,β-unsaturated/α-hetero) is 1. The van der Waals surface area contributed by atoms with Crippen molar-refractivity contribution in [1.82, 2.24) is 0 Å². The normalized spacial score (nSPS) is 9.53. The summed E-state index contributed by atoms with van der Waals surface area (Å²) in [5, 5.41) is 20.8. The number of carbonyl (C=O) groups excluding carboxylic acids is 1. The molecule has 0 saturated heterocycles. The molecule has 0 radical (unpaired) electrons. The molecule has 3 N–H and O–H groups in total. The number of para-hydroxylation sites is 1. The lowest BCUT2D eigenvalue weighted by molar-refractivity contribution is -0.113. The van der Waals surface area contributed by atoms with Crippen LogP contribution in [-0.4, -0.2) is 22.9 Å². The standard InChI is InChI=1S/C10H12BNO3/c1-7(8(2)13)12-10-6-4-3-5-9(10)11(14)15/h3-6,12,14-15H,1H2,2H3. The lowest BCUT2D eigenvalue weighted by atomic mass is 9.79. The third-order valence-electron chi connectivity index (χ3n) is 1.95. The van der Waals surface area contributed by atoms with E-state index < -0.39 is 7.12 Å². The lowest BCUT2D eigenvalue weighted by Crippen LogP contribution is -2.32. The van der Waals surface area contributed by atoms with Crippen LogP contribution in [0.1, 0.15) is 6.92 Å². The first-order valence-corrected chi connectivity index (χ1v) is 4.44. The van der Waals surface area contributed by atoms with Gasteiger partial charge >= 0.3 is 7.12 Å². The maximum atomic E-state index is 10.9. The molecule has 1 aromatic carbocycles. The van der Waals surface area contributed by atoms with Gasteiger partial charge in [0.25, 0.3) is 0 Å². The van der Waals surface area contributed by atoms with E-state index in [-0.39, 0.29) is 11.5 Å². The van der Waals surface area contributed by atoms with Gasteiger partial charge in [-0.2, -0.15) is 0 Å². The average Bonchev–Trinajstić information content (AvgIpc) is 2.18. The quantitative estimate of drug-likeness (QED) is 0.473. The monoisotopic (exact) mass is 205 g/mol. The zero-order valence-electron chi connectivity index (χ0n) is 8.40. The minimum Gasteiger partial charge on any atom is -0.423 e. The summed E-state index contributed by atoms with van der Waals surface area (Å²) in [4.78, 5) is 10.9. The second-order valence-corrected chi connectivity index (χ2v) is 3.12. The number of anilines is 1. The number of hydrogen-bond acceptors (Lipinski definition) is 4. The fraction of sp³-hybridized carbons (Fsp3) is 0.100. The first-order chi connectivity index (χ1) is 7.02. The molecule has 1 rings (SSSR count). The van der Waals surface area contributed by atoms with Gasteiger partial charge in [-0.25, -0.2) is 0 Å². The highest BCUT2D eigenvalue weighted by atomic mass is 16.4. The van der Waals surface area contributed by atoms with Gasteiger partial charge in [0.1, 0.15) is 0 Å². The number of benzene rings is 1. The molecule has 0 heterocycles. The fourth-order valence-corrected chi connectivity index (χ4v) is 1.09. The van der Waals surface area contributed by atoms with Crippen LogP contribution >= 0.6 is 0 Å². The largest absolute Gasteiger partial charge is 0.490 e. The highest BCUT2D eigenvalue weighted by Crippen LogP contribution is 2.07. The maximum absolute atomic E-state index is 10.9. The van der Waals surface area contributed by atoms with Crippen LogP contribution in [0.2, 0.25) is 0 Å². The smallest absolute Gasteiger partial charge is 0.423 e. The fourth-order valence-electron chi connectivity index (χ4n) is 1.09. The van der Waals surface area contributed by atoms with E-state index in [4.69, 9.17) is 10.0 Å². The minimum absolute atomic E-state index is 0.197. The molecule has 0 bridgehead atoms. The Hall–Kier alpha value is -1.59. The summed E-state index contributed by atoms with van der Waals surface area (Å²) in [5.74, 6) is -0.197. The third kappa shape index (κ3) is 2.94. The van der Waals surface area contributed by atoms with Gasteiger partial charge in [0.05, 0.1) is 5.70 Å². The highest BCUT2D eigenvalue weighted by molar-refractivity contribution is 6.60. The van der Waals surface area contributed by atoms with Crippen LogP contribution < -0.4 is 10.8 Å². The molecule has 0 unspecified atom stereocenters. The number of rotatable bonds is 4. The lowest BCUT2D eigenvalue weighted by Gasteiger charge is -2.11. The molecule has 0 spiro atoms. The van der Waals surface area contributed by atoms with E-state index in [1.807, 2.05) is 0 Å². The van der Waals surface area contributed by atoms with Crippen LogP contribution in [0.15, 0.2) is 36.5 Å². The maximum Gasteiger partial charge on any atom is 0.490 e. The van der Waals surface area contributed by atoms with E-state index in [1.165, 1.54) is 6.92 Å². The van der Waals surface area contributed by atoms with Crippen molar-refractivity contribution in [2.75, 3.05) is 5.32 Å². The zero-order chi connectivity index (χ0) is 11.4. The molecule has 0 atom stereocenters. The Balaban J connectivity index is 2.94. The highest BCUT2D eigenvalue weighted by Gasteiger charge is 2.15. The summed E-state index contributed by atoms with van der Waals surface area (Å²) in [6.45, 7) is 4.91. The van der Waals surface area contributed by atoms with Gasteiger partial charge in [-0.1, -0.05) is 24.8 Å². The Bertz CT molecular complexity index is 390. The average molecular weight is 205 g/mol. The Morgan fingerprint density at radius 3 is 2.53 bits per heavy atom. The van der Waals surface area contributed by atoms with Crippen LogP contribution in [0.25, 0.3) is 0 Å². The van der Waals surface area contributed by atoms with Gasteiger partial charge in [-0.15, -0.1) is 0 Å². The molecular formula is C10H12BNO3. The predicted octanol–water partition coefficient (Wildman–Crippen LogP) is -0.119. The Morgan fingerprint density at radius 2 is 2.00 bits per heavy atom. The van der Waals surface area contributed by atoms with Gasteiger partial charge in [0.15, 0.2) is 5.78 Å². The molecule has 4 nitrogen and oxygen atoms in total. The molecule has 0 saturated carbocycles. The summed E-state index contributed by atoms with van der Waals surface area (Å²) in [6, 6.07) is 6.60. The van der Waals surface area contributed by atoms with Crippen molar-refractivity contribution in [3.63, 3.8) is 0 Å². The number of ketones is 1. The zero-order valence-corrected chi connectivity index (χ0v) is 8.40. The Morgan fingerprint density at radius 1 is 1.40 bits per heavy atom. The number of carbonyl (C=O) groups is 1. The number of nitrogens with one attached hydrogen (secondary N) is 1. The van der Waals surface area contributed by atoms with Crippen molar-refractivity contribution in [2.24, 2.45) is 0 Å². The first-order valence-electron chi connectivity index (χ1n) is 4.44. The molecule has 0 aromatic heterocycles. The van der Waals surface area contributed by atoms with Crippen LogP contribution in [-0.2, 0) is 4.79 Å². The summed E-state index contributed by atoms with van der Waals surface area (Å²) in [7, 11) is -1.58. The van der Waals surface area contributed by atoms with Crippen LogP contribution in [0.4, 0.5) is 5.69 Å². The molecule has 15 heavy (non-hydrogen) atoms. The third-order valence-corrected chi connectivity index (χ3v) is 1.95. The van der Waals surface area contributed by atoms with Crippen molar-refractivity contribution >= 4 is 24.1 Å². The molecule has 0 fully saturated rings. The van der Waals surface area contributed by atoms with E-state index in [1.54, 1.807) is 24.3 Å². The summed E-state index contributed by atoms with van der Waals surface area (Å²) in [5.41, 5.74) is 0.982. The molecule has 0 amide bonds. The molecule has 0 aliphatic rings. The molecule has 0 aliphatic carbocycles. The van der Waals surface area contributed by atoms with Crippen molar-refractivity contribution in [3.05, 3.63) is 36.5 Å². The molecular weight excluding hydrogens is 193 g/mol. The van der Waals surface area contributed by atoms with Crippen molar-refractivity contribution < 1.29 is 14.8 Å². The van der Waals surface area contributed by atoms with E-state index in [0.29, 0.717) is 11.2 Å². The molecule has 78 valence electrons. The van der Waals surface area contributed by atoms with Crippen molar-refractivity contribution in [3.8, 4) is 0 Å². The second kappa shape index (κ2) is 4.77. The van der Waals surface area contributed by atoms with E-state index >= 15 is 0 Å². The SMILES string of the molecule is C=C(Nc1ccccc1B(O)O)C(C)=O. The Labute approximate surface area is 88.4 Å². The Kier molecular flexibility index (Phi) is 3.65. The summed E-state index contributed by atoms with van der Waals surface area (Å²) >= 11 is 0. The van der Waals surface area contributed by atoms with Crippen LogP contribution in [0.5, 0.6) is 0 Å². The van der Waals surface area contributed by atoms with Crippen LogP contribution in [0.3, 0.4) is 0 Å². The molecule has 0 aliphatic heterocycles. The molecule has 1 aromatic rings. The van der Waals surface area contributed by atoms with Gasteiger partial charge in [0.2, 0.25) is 0 Å². The van der Waals surface area contributed by atoms with E-state index in [2.05, 4.69) is 11.9 Å². The molecule has 5 heteroatoms. The van der Waals surface area contributed by atoms with Gasteiger partial charge < -0.3 is 15.4 Å². The summed E-state index contributed by atoms with van der Waals surface area (Å²) < 4.78 is 0. The second-order valence-electron chi connectivity index (χ2n) is 3.12. The van der Waals surface area contributed by atoms with Crippen LogP contribution in [0, 0.1) is 0 Å². The van der Waals surface area contributed by atoms with E-state index in [9.17, 15) is 4.79 Å². The van der Waals surface area contributed by atoms with Gasteiger partial charge in [-0.05, 0) is 6.07 Å².